The number of esters is 1. The fourth-order valence-electron chi connectivity index (χ4n) is 7.77. The predicted molar refractivity (Wildman–Crippen MR) is 288 cm³/mol. The summed E-state index contributed by atoms with van der Waals surface area (Å²) in [6.07, 6.45) is 0.326. The van der Waals surface area contributed by atoms with E-state index in [9.17, 15) is 47.9 Å². The van der Waals surface area contributed by atoms with Crippen molar-refractivity contribution in [3.05, 3.63) is 0 Å². The van der Waals surface area contributed by atoms with Crippen molar-refractivity contribution in [2.45, 2.75) is 242 Å². The standard InChI is InChI=1S/C54H99N9O12/c1-29(2)23-35(58-48(71)53(18,19)62-45(68)39(27-33(9)10)57-43(66)37(25-31(5)6)60-50(73)75-51(13,14)15)41(64)55-38(26-32(7)8)44(67)61-52(16,17)47(70)59-36(24-30(3)4)42(65)56-40(28-34(11)12)46(69)63-54(20,21)49(72)74-22/h29-40H,23-28H2,1-22H3,(H,55,64)(H,56,65)(H,57,66)(H,58,71)(H,59,70)(H,60,73)(H,61,67)(H,62,68)(H,63,69)/t35-,36-,37-,38-,39-,40+/m0/s1. The molecule has 0 aliphatic carbocycles. The summed E-state index contributed by atoms with van der Waals surface area (Å²) in [5.41, 5.74) is -5.48. The topological polar surface area (TPSA) is 297 Å². The van der Waals surface area contributed by atoms with Crippen molar-refractivity contribution in [1.82, 2.24) is 47.9 Å². The Labute approximate surface area is 448 Å². The van der Waals surface area contributed by atoms with Gasteiger partial charge in [0, 0.05) is 0 Å². The highest BCUT2D eigenvalue weighted by molar-refractivity contribution is 6.00. The summed E-state index contributed by atoms with van der Waals surface area (Å²) in [7, 11) is 1.20. The number of nitrogens with one attached hydrogen (secondary N) is 9. The van der Waals surface area contributed by atoms with Crippen LogP contribution >= 0.6 is 0 Å². The van der Waals surface area contributed by atoms with Gasteiger partial charge in [-0.25, -0.2) is 9.59 Å². The Bertz CT molecular complexity index is 1960. The lowest BCUT2D eigenvalue weighted by Gasteiger charge is -2.33. The van der Waals surface area contributed by atoms with Crippen LogP contribution in [0.5, 0.6) is 0 Å². The van der Waals surface area contributed by atoms with E-state index in [2.05, 4.69) is 47.9 Å². The van der Waals surface area contributed by atoms with Gasteiger partial charge < -0.3 is 57.3 Å². The van der Waals surface area contributed by atoms with Crippen LogP contribution in [0.15, 0.2) is 0 Å². The summed E-state index contributed by atoms with van der Waals surface area (Å²) < 4.78 is 10.2. The van der Waals surface area contributed by atoms with Crippen molar-refractivity contribution >= 4 is 59.3 Å². The van der Waals surface area contributed by atoms with E-state index in [1.807, 2.05) is 83.1 Å². The van der Waals surface area contributed by atoms with Crippen LogP contribution in [-0.4, -0.2) is 125 Å². The third-order valence-corrected chi connectivity index (χ3v) is 11.5. The molecule has 21 nitrogen and oxygen atoms in total. The molecule has 6 atom stereocenters. The second kappa shape index (κ2) is 30.3. The Morgan fingerprint density at radius 3 is 0.787 bits per heavy atom. The molecular formula is C54H99N9O12. The first-order valence-corrected chi connectivity index (χ1v) is 26.6. The molecule has 0 aliphatic rings. The van der Waals surface area contributed by atoms with Gasteiger partial charge in [0.2, 0.25) is 47.3 Å². The lowest BCUT2D eigenvalue weighted by atomic mass is 9.96. The number of hydrogen-bond donors (Lipinski definition) is 9. The zero-order chi connectivity index (χ0) is 58.7. The zero-order valence-corrected chi connectivity index (χ0v) is 49.6. The van der Waals surface area contributed by atoms with Gasteiger partial charge in [-0.2, -0.15) is 0 Å². The molecule has 0 bridgehead atoms. The van der Waals surface area contributed by atoms with Crippen LogP contribution in [0.1, 0.15) is 184 Å². The van der Waals surface area contributed by atoms with Crippen LogP contribution in [-0.2, 0) is 52.6 Å². The molecule has 0 aliphatic heterocycles. The van der Waals surface area contributed by atoms with Crippen LogP contribution in [0.4, 0.5) is 4.79 Å². The van der Waals surface area contributed by atoms with Crippen LogP contribution < -0.4 is 47.9 Å². The minimum absolute atomic E-state index is 0.0107. The van der Waals surface area contributed by atoms with Gasteiger partial charge in [0.25, 0.3) is 0 Å². The molecule has 9 amide bonds. The molecule has 0 saturated heterocycles. The predicted octanol–water partition coefficient (Wildman–Crippen LogP) is 4.44. The highest BCUT2D eigenvalue weighted by atomic mass is 16.6. The van der Waals surface area contributed by atoms with Crippen LogP contribution in [0.25, 0.3) is 0 Å². The number of amides is 9. The number of ether oxygens (including phenoxy) is 2. The van der Waals surface area contributed by atoms with Gasteiger partial charge in [0.05, 0.1) is 7.11 Å². The Kier molecular flexibility index (Phi) is 28.1. The van der Waals surface area contributed by atoms with Gasteiger partial charge in [0.15, 0.2) is 0 Å². The van der Waals surface area contributed by atoms with Gasteiger partial charge in [-0.05, 0) is 136 Å². The number of methoxy groups -OCH3 is 1. The fourth-order valence-corrected chi connectivity index (χ4v) is 7.77. The molecule has 0 radical (unpaired) electrons. The Morgan fingerprint density at radius 1 is 0.333 bits per heavy atom. The minimum Gasteiger partial charge on any atom is -0.467 e. The molecule has 0 heterocycles. The lowest BCUT2D eigenvalue weighted by molar-refractivity contribution is -0.149. The van der Waals surface area contributed by atoms with Gasteiger partial charge in [0.1, 0.15) is 58.5 Å². The number of carbonyl (C=O) groups excluding carboxylic acids is 10. The largest absolute Gasteiger partial charge is 0.467 e. The summed E-state index contributed by atoms with van der Waals surface area (Å²) in [4.78, 5) is 136. The third kappa shape index (κ3) is 26.7. The molecule has 9 N–H and O–H groups in total. The minimum atomic E-state index is -1.64. The van der Waals surface area contributed by atoms with Crippen molar-refractivity contribution in [2.75, 3.05) is 7.11 Å². The van der Waals surface area contributed by atoms with Crippen molar-refractivity contribution in [3.8, 4) is 0 Å². The average Bonchev–Trinajstić information content (AvgIpc) is 3.22. The van der Waals surface area contributed by atoms with Crippen molar-refractivity contribution < 1.29 is 57.4 Å². The van der Waals surface area contributed by atoms with E-state index in [1.165, 1.54) is 48.7 Å². The maximum atomic E-state index is 14.2. The number of hydrogen-bond acceptors (Lipinski definition) is 12. The molecule has 75 heavy (non-hydrogen) atoms. The molecule has 0 aromatic heterocycles. The van der Waals surface area contributed by atoms with E-state index in [1.54, 1.807) is 20.8 Å². The lowest BCUT2D eigenvalue weighted by Crippen LogP contribution is -2.64. The highest BCUT2D eigenvalue weighted by Gasteiger charge is 2.40. The van der Waals surface area contributed by atoms with E-state index in [-0.39, 0.29) is 74.0 Å². The number of rotatable bonds is 30. The van der Waals surface area contributed by atoms with Crippen LogP contribution in [0.3, 0.4) is 0 Å². The average molecular weight is 1070 g/mol. The van der Waals surface area contributed by atoms with Gasteiger partial charge in [-0.15, -0.1) is 0 Å². The molecular weight excluding hydrogens is 967 g/mol. The van der Waals surface area contributed by atoms with Gasteiger partial charge in [-0.1, -0.05) is 83.1 Å². The summed E-state index contributed by atoms with van der Waals surface area (Å²) in [6.45, 7) is 36.2. The Balaban J connectivity index is 6.48. The SMILES string of the molecule is COC(=O)C(C)(C)NC(=O)[C@@H](CC(C)C)NC(=O)[C@H](CC(C)C)NC(=O)C(C)(C)NC(=O)[C@H](CC(C)C)NC(=O)[C@H](CC(C)C)NC(=O)C(C)(C)NC(=O)[C@H](CC(C)C)NC(=O)[C@H](CC(C)C)NC(=O)OC(C)(C)C. The first kappa shape index (κ1) is 69.5. The van der Waals surface area contributed by atoms with E-state index >= 15 is 0 Å². The molecule has 432 valence electrons. The Hall–Kier alpha value is -5.50. The van der Waals surface area contributed by atoms with E-state index < -0.39 is 118 Å². The second-order valence-electron chi connectivity index (χ2n) is 25.0. The second-order valence-corrected chi connectivity index (χ2v) is 25.0. The van der Waals surface area contributed by atoms with E-state index in [0.29, 0.717) is 0 Å². The monoisotopic (exact) mass is 1070 g/mol. The highest BCUT2D eigenvalue weighted by Crippen LogP contribution is 2.17. The summed E-state index contributed by atoms with van der Waals surface area (Å²) >= 11 is 0. The molecule has 21 heteroatoms. The maximum absolute atomic E-state index is 14.2. The Morgan fingerprint density at radius 2 is 0.560 bits per heavy atom. The molecule has 0 unspecified atom stereocenters. The maximum Gasteiger partial charge on any atom is 0.408 e. The van der Waals surface area contributed by atoms with Crippen LogP contribution in [0, 0.1) is 35.5 Å². The molecule has 0 aromatic carbocycles. The van der Waals surface area contributed by atoms with E-state index in [0.717, 1.165) is 0 Å². The quantitative estimate of drug-likeness (QED) is 0.0452. The van der Waals surface area contributed by atoms with Crippen molar-refractivity contribution in [1.29, 1.82) is 0 Å². The van der Waals surface area contributed by atoms with Crippen molar-refractivity contribution in [3.63, 3.8) is 0 Å². The summed E-state index contributed by atoms with van der Waals surface area (Å²) in [6, 6.07) is -6.71. The molecule has 0 saturated carbocycles. The normalized spacial score (nSPS) is 14.7. The fraction of sp³-hybridized carbons (Fsp3) is 0.815. The van der Waals surface area contributed by atoms with E-state index in [4.69, 9.17) is 9.47 Å². The molecule has 0 spiro atoms. The first-order valence-electron chi connectivity index (χ1n) is 26.6. The third-order valence-electron chi connectivity index (χ3n) is 11.5. The van der Waals surface area contributed by atoms with Gasteiger partial charge >= 0.3 is 12.1 Å². The smallest absolute Gasteiger partial charge is 0.408 e. The summed E-state index contributed by atoms with van der Waals surface area (Å²) in [5.74, 6) is -6.56. The molecule has 0 rings (SSSR count). The first-order chi connectivity index (χ1) is 34.0. The van der Waals surface area contributed by atoms with Crippen LogP contribution in [0.2, 0.25) is 0 Å². The number of carbonyl (C=O) groups is 10. The zero-order valence-electron chi connectivity index (χ0n) is 49.6. The van der Waals surface area contributed by atoms with Crippen molar-refractivity contribution in [2.24, 2.45) is 35.5 Å². The molecule has 0 aromatic rings. The summed E-state index contributed by atoms with van der Waals surface area (Å²) in [5, 5.41) is 24.5. The van der Waals surface area contributed by atoms with Gasteiger partial charge in [-0.3, -0.25) is 38.4 Å². The number of alkyl carbamates (subject to hydrolysis) is 1. The molecule has 0 fully saturated rings.